The van der Waals surface area contributed by atoms with E-state index in [1.807, 2.05) is 0 Å². The van der Waals surface area contributed by atoms with Crippen molar-refractivity contribution in [3.05, 3.63) is 0 Å². The van der Waals surface area contributed by atoms with Gasteiger partial charge in [-0.15, -0.1) is 0 Å². The Kier molecular flexibility index (Phi) is 18.7. The van der Waals surface area contributed by atoms with Gasteiger partial charge >= 0.3 is 103 Å². The summed E-state index contributed by atoms with van der Waals surface area (Å²) < 4.78 is 31.1. The number of hydrogen-bond donors (Lipinski definition) is 0. The molecule has 61 valence electrons. The Labute approximate surface area is 158 Å². The van der Waals surface area contributed by atoms with Crippen LogP contribution in [0.4, 0.5) is 0 Å². The Bertz CT molecular complexity index is 178. The fraction of sp³-hybridized carbons (Fsp3) is 0. The van der Waals surface area contributed by atoms with Gasteiger partial charge in [-0.3, -0.25) is 5.04 Å². The standard InChI is InChI=1S/2K.H2NO7S2/c;;2-1(9-8-7-3)10(4,5)6/h;;3H,(H,4,5,6)/q2*+1;/p-2. The molecule has 8 nitrogen and oxygen atoms in total. The molecule has 1 radical (unpaired) electrons. The Hall–Kier alpha value is 3.33. The van der Waals surface area contributed by atoms with Crippen LogP contribution in [-0.2, 0) is 24.9 Å². The van der Waals surface area contributed by atoms with E-state index in [1.165, 1.54) is 0 Å². The first-order valence-electron chi connectivity index (χ1n) is 1.55. The molecule has 0 aliphatic carbocycles. The topological polar surface area (TPSA) is 122 Å². The average molecular weight is 268 g/mol. The zero-order valence-corrected chi connectivity index (χ0v) is 14.0. The summed E-state index contributed by atoms with van der Waals surface area (Å²) >= 11 is -0.574. The number of nitrogens with zero attached hydrogens (tertiary/aromatic N) is 1. The van der Waals surface area contributed by atoms with E-state index >= 15 is 0 Å². The molecule has 0 aliphatic heterocycles. The Morgan fingerprint density at radius 2 is 1.75 bits per heavy atom. The van der Waals surface area contributed by atoms with Gasteiger partial charge in [-0.25, -0.2) is 8.42 Å². The number of hydrogen-bond acceptors (Lipinski definition) is 7. The van der Waals surface area contributed by atoms with Crippen LogP contribution in [0.25, 0.3) is 0 Å². The summed E-state index contributed by atoms with van der Waals surface area (Å²) in [6.45, 7) is 0. The molecule has 0 N–H and O–H groups in total. The zero-order chi connectivity index (χ0) is 8.20. The maximum absolute atomic E-state index is 9.86. The van der Waals surface area contributed by atoms with E-state index in [9.17, 15) is 18.2 Å². The Morgan fingerprint density at radius 3 is 2.00 bits per heavy atom. The molecule has 12 heteroatoms. The summed E-state index contributed by atoms with van der Waals surface area (Å²) in [5, 5.41) is 21.4. The maximum Gasteiger partial charge on any atom is 1.00 e. The molecule has 0 aromatic rings. The van der Waals surface area contributed by atoms with Crippen LogP contribution < -0.4 is 108 Å². The molecule has 0 rings (SSSR count). The molecule has 0 heterocycles. The third-order valence-electron chi connectivity index (χ3n) is 0.302. The smallest absolute Gasteiger partial charge is 0.733 e. The van der Waals surface area contributed by atoms with Gasteiger partial charge in [0.2, 0.25) is 0 Å². The van der Waals surface area contributed by atoms with Crippen molar-refractivity contribution in [3.63, 3.8) is 0 Å². The molecule has 12 heavy (non-hydrogen) atoms. The van der Waals surface area contributed by atoms with Crippen LogP contribution in [0.5, 0.6) is 0 Å². The van der Waals surface area contributed by atoms with E-state index in [0.29, 0.717) is 0 Å². The van der Waals surface area contributed by atoms with Crippen LogP contribution in [-0.4, -0.2) is 16.8 Å². The number of rotatable bonds is 4. The van der Waals surface area contributed by atoms with Crippen molar-refractivity contribution in [1.82, 2.24) is 3.87 Å². The second-order valence-corrected chi connectivity index (χ2v) is 2.90. The second kappa shape index (κ2) is 10.8. The van der Waals surface area contributed by atoms with E-state index < -0.39 is 26.4 Å². The van der Waals surface area contributed by atoms with Gasteiger partial charge in [0.25, 0.3) is 0 Å². The van der Waals surface area contributed by atoms with Crippen LogP contribution in [0.15, 0.2) is 0 Å². The molecule has 0 aromatic carbocycles. The SMILES string of the molecule is [K+].[K+].[O]N(SOO[O-])S(=O)(=O)[O-]. The molecule has 0 spiro atoms. The quantitative estimate of drug-likeness (QED) is 0.124. The Morgan fingerprint density at radius 1 is 1.33 bits per heavy atom. The monoisotopic (exact) mass is 268 g/mol. The summed E-state index contributed by atoms with van der Waals surface area (Å²) in [5.74, 6) is 0. The van der Waals surface area contributed by atoms with Crippen molar-refractivity contribution < 1.29 is 136 Å². The van der Waals surface area contributed by atoms with Crippen LogP contribution in [0, 0.1) is 0 Å². The summed E-state index contributed by atoms with van der Waals surface area (Å²) in [4.78, 5) is 0. The maximum atomic E-state index is 9.86. The normalized spacial score (nSPS) is 10.3. The van der Waals surface area contributed by atoms with Crippen molar-refractivity contribution in [3.8, 4) is 0 Å². The predicted molar refractivity (Wildman–Crippen MR) is 22.0 cm³/mol. The third-order valence-corrected chi connectivity index (χ3v) is 1.64. The van der Waals surface area contributed by atoms with E-state index in [2.05, 4.69) is 9.37 Å². The first-order valence-corrected chi connectivity index (χ1v) is 3.61. The van der Waals surface area contributed by atoms with Gasteiger partial charge in [0, 0.05) is 3.87 Å². The molecule has 0 saturated heterocycles. The fourth-order valence-electron chi connectivity index (χ4n) is 0.0745. The largest absolute Gasteiger partial charge is 1.00 e. The van der Waals surface area contributed by atoms with Crippen molar-refractivity contribution in [1.29, 1.82) is 0 Å². The Balaban J connectivity index is -0.000000405. The van der Waals surface area contributed by atoms with Crippen molar-refractivity contribution >= 4 is 22.5 Å². The molecular weight excluding hydrogens is 268 g/mol. The molecule has 0 bridgehead atoms. The van der Waals surface area contributed by atoms with Gasteiger partial charge in [0.1, 0.15) is 0 Å². The predicted octanol–water partition coefficient (Wildman–Crippen LogP) is -8.11. The van der Waals surface area contributed by atoms with Crippen molar-refractivity contribution in [2.45, 2.75) is 0 Å². The summed E-state index contributed by atoms with van der Waals surface area (Å²) in [6, 6.07) is 0. The van der Waals surface area contributed by atoms with Crippen LogP contribution in [0.2, 0.25) is 0 Å². The van der Waals surface area contributed by atoms with Crippen molar-refractivity contribution in [2.75, 3.05) is 0 Å². The van der Waals surface area contributed by atoms with Gasteiger partial charge in [-0.2, -0.15) is 4.33 Å². The zero-order valence-electron chi connectivity index (χ0n) is 6.12. The van der Waals surface area contributed by atoms with E-state index in [1.54, 1.807) is 0 Å². The van der Waals surface area contributed by atoms with Crippen LogP contribution in [0.1, 0.15) is 0 Å². The summed E-state index contributed by atoms with van der Waals surface area (Å²) in [6.07, 6.45) is 0. The third kappa shape index (κ3) is 11.4. The van der Waals surface area contributed by atoms with Crippen molar-refractivity contribution in [2.24, 2.45) is 0 Å². The van der Waals surface area contributed by atoms with Gasteiger partial charge < -0.3 is 9.81 Å². The second-order valence-electron chi connectivity index (χ2n) is 0.862. The minimum atomic E-state index is -5.13. The minimum absolute atomic E-state index is 0. The molecule has 0 amide bonds. The van der Waals surface area contributed by atoms with E-state index in [-0.39, 0.29) is 103 Å². The van der Waals surface area contributed by atoms with Gasteiger partial charge in [-0.05, 0) is 0 Å². The van der Waals surface area contributed by atoms with E-state index in [0.717, 1.165) is 0 Å². The van der Waals surface area contributed by atoms with Crippen LogP contribution >= 0.6 is 12.2 Å². The fourth-order valence-corrected chi connectivity index (χ4v) is 0.522. The summed E-state index contributed by atoms with van der Waals surface area (Å²) in [5.41, 5.74) is 0. The molecule has 0 saturated carbocycles. The first kappa shape index (κ1) is 20.7. The molecule has 0 aliphatic rings. The van der Waals surface area contributed by atoms with Gasteiger partial charge in [-0.1, -0.05) is 5.21 Å². The van der Waals surface area contributed by atoms with Gasteiger partial charge in [0.05, 0.1) is 0 Å². The molecule has 0 unspecified atom stereocenters. The molecule has 0 aromatic heterocycles. The van der Waals surface area contributed by atoms with Crippen LogP contribution in [0.3, 0.4) is 0 Å². The summed E-state index contributed by atoms with van der Waals surface area (Å²) in [7, 11) is -5.13. The molecular formula is K2NO7S2. The first-order chi connectivity index (χ1) is 4.48. The molecule has 0 fully saturated rings. The van der Waals surface area contributed by atoms with Gasteiger partial charge in [0.15, 0.2) is 22.5 Å². The minimum Gasteiger partial charge on any atom is -0.733 e. The average Bonchev–Trinajstić information content (AvgIpc) is 1.80. The van der Waals surface area contributed by atoms with E-state index in [4.69, 9.17) is 5.26 Å². The molecule has 0 atom stereocenters.